The van der Waals surface area contributed by atoms with Crippen molar-refractivity contribution in [3.63, 3.8) is 0 Å². The van der Waals surface area contributed by atoms with Crippen LogP contribution in [0.4, 0.5) is 0 Å². The van der Waals surface area contributed by atoms with Gasteiger partial charge in [-0.1, -0.05) is 19.7 Å². The van der Waals surface area contributed by atoms with Crippen molar-refractivity contribution < 1.29 is 0 Å². The fraction of sp³-hybridized carbons (Fsp3) is 1.00. The molecule has 0 amide bonds. The highest BCUT2D eigenvalue weighted by Crippen LogP contribution is 2.12. The van der Waals surface area contributed by atoms with Crippen LogP contribution in [0.3, 0.4) is 0 Å². The van der Waals surface area contributed by atoms with Crippen LogP contribution in [0.25, 0.3) is 0 Å². The van der Waals surface area contributed by atoms with E-state index in [9.17, 15) is 0 Å². The molecular weight excluding hydrogens is 121 g/mol. The third-order valence-corrected chi connectivity index (χ3v) is 1.58. The molecule has 0 aliphatic carbocycles. The first-order chi connectivity index (χ1) is 4.34. The number of hydrogen-bond donors (Lipinski definition) is 0. The predicted molar refractivity (Wildman–Crippen MR) is 48.4 cm³/mol. The lowest BCUT2D eigenvalue weighted by molar-refractivity contribution is 0.296. The van der Waals surface area contributed by atoms with Gasteiger partial charge in [-0.2, -0.15) is 0 Å². The average molecular weight is 140 g/mol. The maximum absolute atomic E-state index is 2.26. The molecule has 0 saturated heterocycles. The minimum Gasteiger partial charge on any atom is -0.345 e. The van der Waals surface area contributed by atoms with E-state index in [1.54, 1.807) is 0 Å². The first kappa shape index (κ1) is 10.0. The molecule has 0 unspecified atom stereocenters. The zero-order chi connectivity index (χ0) is 8.36. The lowest BCUT2D eigenvalue weighted by Gasteiger charge is -2.32. The fourth-order valence-electron chi connectivity index (χ4n) is 0.671. The molecule has 0 N–H and O–H groups in total. The summed E-state index contributed by atoms with van der Waals surface area (Å²) in [6, 6.07) is 0. The summed E-state index contributed by atoms with van der Waals surface area (Å²) in [5.41, 5.74) is 0.268. The van der Waals surface area contributed by atoms with Crippen LogP contribution in [0.2, 0.25) is 5.82 Å². The van der Waals surface area contributed by atoms with Crippen molar-refractivity contribution in [2.45, 2.75) is 46.0 Å². The Labute approximate surface area is 66.1 Å². The van der Waals surface area contributed by atoms with Gasteiger partial charge in [-0.05, 0) is 27.8 Å². The first-order valence-electron chi connectivity index (χ1n) is 3.92. The summed E-state index contributed by atoms with van der Waals surface area (Å²) in [4.78, 5) is 2.26. The Kier molecular flexibility index (Phi) is 3.43. The SMILES string of the molecule is CC(C)[B]N(C)C(C)(C)C. The highest BCUT2D eigenvalue weighted by molar-refractivity contribution is 6.33. The Morgan fingerprint density at radius 2 is 1.60 bits per heavy atom. The quantitative estimate of drug-likeness (QED) is 0.531. The van der Waals surface area contributed by atoms with Gasteiger partial charge in [0.1, 0.15) is 0 Å². The average Bonchev–Trinajstić information content (AvgIpc) is 1.60. The molecule has 0 heterocycles. The van der Waals surface area contributed by atoms with Crippen LogP contribution in [-0.4, -0.2) is 24.8 Å². The van der Waals surface area contributed by atoms with Gasteiger partial charge in [0, 0.05) is 5.54 Å². The Morgan fingerprint density at radius 3 is 1.70 bits per heavy atom. The maximum atomic E-state index is 2.26. The molecule has 0 aromatic rings. The molecular formula is C8H19BN. The molecule has 0 aromatic heterocycles. The molecule has 0 rings (SSSR count). The van der Waals surface area contributed by atoms with Crippen LogP contribution in [0, 0.1) is 0 Å². The maximum Gasteiger partial charge on any atom is 0.211 e. The van der Waals surface area contributed by atoms with Gasteiger partial charge in [-0.15, -0.1) is 0 Å². The summed E-state index contributed by atoms with van der Waals surface area (Å²) in [6.07, 6.45) is 0. The molecule has 59 valence electrons. The minimum atomic E-state index is 0.268. The highest BCUT2D eigenvalue weighted by atomic mass is 15.1. The van der Waals surface area contributed by atoms with Crippen molar-refractivity contribution in [1.82, 2.24) is 4.81 Å². The van der Waals surface area contributed by atoms with Gasteiger partial charge in [0.2, 0.25) is 7.41 Å². The third kappa shape index (κ3) is 3.94. The van der Waals surface area contributed by atoms with Gasteiger partial charge in [-0.3, -0.25) is 0 Å². The number of nitrogens with zero attached hydrogens (tertiary/aromatic N) is 1. The Morgan fingerprint density at radius 1 is 1.20 bits per heavy atom. The largest absolute Gasteiger partial charge is 0.345 e. The van der Waals surface area contributed by atoms with E-state index in [1.807, 2.05) is 0 Å². The predicted octanol–water partition coefficient (Wildman–Crippen LogP) is 2.16. The second-order valence-electron chi connectivity index (χ2n) is 4.17. The van der Waals surface area contributed by atoms with Crippen LogP contribution < -0.4 is 0 Å². The number of hydrogen-bond acceptors (Lipinski definition) is 1. The first-order valence-corrected chi connectivity index (χ1v) is 3.92. The lowest BCUT2D eigenvalue weighted by Crippen LogP contribution is -2.41. The molecule has 10 heavy (non-hydrogen) atoms. The van der Waals surface area contributed by atoms with E-state index in [4.69, 9.17) is 0 Å². The van der Waals surface area contributed by atoms with E-state index in [2.05, 4.69) is 53.9 Å². The molecule has 0 atom stereocenters. The molecule has 0 aliphatic rings. The second-order valence-corrected chi connectivity index (χ2v) is 4.17. The zero-order valence-corrected chi connectivity index (χ0v) is 8.10. The van der Waals surface area contributed by atoms with E-state index in [1.165, 1.54) is 0 Å². The van der Waals surface area contributed by atoms with E-state index in [0.29, 0.717) is 5.82 Å². The molecule has 0 aliphatic heterocycles. The molecule has 0 fully saturated rings. The highest BCUT2D eigenvalue weighted by Gasteiger charge is 2.17. The monoisotopic (exact) mass is 140 g/mol. The smallest absolute Gasteiger partial charge is 0.211 e. The summed E-state index contributed by atoms with van der Waals surface area (Å²) >= 11 is 0. The standard InChI is InChI=1S/C8H19BN/c1-7(2)9-10(6)8(3,4)5/h7H,1-6H3. The van der Waals surface area contributed by atoms with Crippen molar-refractivity contribution in [2.75, 3.05) is 7.05 Å². The Balaban J connectivity index is 3.73. The van der Waals surface area contributed by atoms with Crippen molar-refractivity contribution in [3.05, 3.63) is 0 Å². The lowest BCUT2D eigenvalue weighted by atomic mass is 9.74. The molecule has 0 saturated carbocycles. The minimum absolute atomic E-state index is 0.268. The molecule has 1 radical (unpaired) electrons. The molecule has 0 bridgehead atoms. The van der Waals surface area contributed by atoms with E-state index in [0.717, 1.165) is 0 Å². The van der Waals surface area contributed by atoms with Gasteiger partial charge < -0.3 is 4.81 Å². The summed E-state index contributed by atoms with van der Waals surface area (Å²) in [5, 5.41) is 0. The van der Waals surface area contributed by atoms with Gasteiger partial charge >= 0.3 is 0 Å². The Bertz CT molecular complexity index is 93.9. The summed E-state index contributed by atoms with van der Waals surface area (Å²) in [7, 11) is 4.38. The second kappa shape index (κ2) is 3.43. The van der Waals surface area contributed by atoms with Gasteiger partial charge in [0.15, 0.2) is 0 Å². The molecule has 0 spiro atoms. The molecule has 1 nitrogen and oxygen atoms in total. The van der Waals surface area contributed by atoms with Gasteiger partial charge in [0.05, 0.1) is 0 Å². The van der Waals surface area contributed by atoms with Gasteiger partial charge in [0.25, 0.3) is 0 Å². The van der Waals surface area contributed by atoms with Crippen molar-refractivity contribution >= 4 is 7.41 Å². The summed E-state index contributed by atoms with van der Waals surface area (Å²) < 4.78 is 0. The van der Waals surface area contributed by atoms with Crippen molar-refractivity contribution in [1.29, 1.82) is 0 Å². The van der Waals surface area contributed by atoms with E-state index in [-0.39, 0.29) is 5.54 Å². The third-order valence-electron chi connectivity index (χ3n) is 1.58. The van der Waals surface area contributed by atoms with Crippen molar-refractivity contribution in [2.24, 2.45) is 0 Å². The van der Waals surface area contributed by atoms with Crippen LogP contribution >= 0.6 is 0 Å². The molecule has 0 aromatic carbocycles. The normalized spacial score (nSPS) is 12.8. The van der Waals surface area contributed by atoms with E-state index >= 15 is 0 Å². The van der Waals surface area contributed by atoms with Gasteiger partial charge in [-0.25, -0.2) is 0 Å². The number of rotatable bonds is 2. The van der Waals surface area contributed by atoms with Crippen LogP contribution in [-0.2, 0) is 0 Å². The fourth-order valence-corrected chi connectivity index (χ4v) is 0.671. The topological polar surface area (TPSA) is 3.24 Å². The summed E-state index contributed by atoms with van der Waals surface area (Å²) in [5.74, 6) is 0.643. The zero-order valence-electron chi connectivity index (χ0n) is 8.10. The molecule has 2 heteroatoms. The van der Waals surface area contributed by atoms with Crippen LogP contribution in [0.1, 0.15) is 34.6 Å². The van der Waals surface area contributed by atoms with Crippen LogP contribution in [0.15, 0.2) is 0 Å². The van der Waals surface area contributed by atoms with Crippen molar-refractivity contribution in [3.8, 4) is 0 Å². The Hall–Kier alpha value is 0.0249. The summed E-state index contributed by atoms with van der Waals surface area (Å²) in [6.45, 7) is 11.0. The van der Waals surface area contributed by atoms with Crippen LogP contribution in [0.5, 0.6) is 0 Å². The van der Waals surface area contributed by atoms with E-state index < -0.39 is 0 Å².